The van der Waals surface area contributed by atoms with Gasteiger partial charge in [-0.25, -0.2) is 4.39 Å². The second kappa shape index (κ2) is 7.78. The van der Waals surface area contributed by atoms with E-state index in [2.05, 4.69) is 5.32 Å². The number of furan rings is 1. The molecule has 23 heavy (non-hydrogen) atoms. The number of rotatable bonds is 7. The lowest BCUT2D eigenvalue weighted by molar-refractivity contribution is -0.127. The highest BCUT2D eigenvalue weighted by Gasteiger charge is 2.20. The molecule has 0 bridgehead atoms. The molecular formula is C17H21FN2O3. The van der Waals surface area contributed by atoms with Gasteiger partial charge in [0, 0.05) is 6.54 Å². The summed E-state index contributed by atoms with van der Waals surface area (Å²) in [5, 5.41) is 2.84. The highest BCUT2D eigenvalue weighted by atomic mass is 19.1. The van der Waals surface area contributed by atoms with Crippen LogP contribution in [0.3, 0.4) is 0 Å². The van der Waals surface area contributed by atoms with E-state index in [9.17, 15) is 9.18 Å². The molecule has 0 spiro atoms. The van der Waals surface area contributed by atoms with Crippen molar-refractivity contribution in [3.8, 4) is 5.75 Å². The first-order valence-corrected chi connectivity index (χ1v) is 7.37. The maximum absolute atomic E-state index is 12.9. The van der Waals surface area contributed by atoms with Crippen molar-refractivity contribution in [2.75, 3.05) is 20.6 Å². The van der Waals surface area contributed by atoms with E-state index in [1.54, 1.807) is 13.2 Å². The largest absolute Gasteiger partial charge is 0.481 e. The quantitative estimate of drug-likeness (QED) is 0.852. The van der Waals surface area contributed by atoms with Crippen molar-refractivity contribution in [1.82, 2.24) is 10.2 Å². The topological polar surface area (TPSA) is 54.7 Å². The van der Waals surface area contributed by atoms with Crippen molar-refractivity contribution in [2.24, 2.45) is 0 Å². The summed E-state index contributed by atoms with van der Waals surface area (Å²) in [5.74, 6) is 0.640. The minimum atomic E-state index is -0.681. The molecule has 0 aliphatic heterocycles. The maximum Gasteiger partial charge on any atom is 0.260 e. The molecule has 0 aliphatic rings. The number of carbonyl (C=O) groups excluding carboxylic acids is 1. The van der Waals surface area contributed by atoms with Crippen molar-refractivity contribution in [3.05, 3.63) is 54.2 Å². The number of ether oxygens (including phenoxy) is 1. The predicted octanol–water partition coefficient (Wildman–Crippen LogP) is 2.61. The van der Waals surface area contributed by atoms with Crippen molar-refractivity contribution in [1.29, 1.82) is 0 Å². The van der Waals surface area contributed by atoms with Gasteiger partial charge in [-0.05, 0) is 57.4 Å². The van der Waals surface area contributed by atoms with Crippen LogP contribution in [0.25, 0.3) is 0 Å². The van der Waals surface area contributed by atoms with Crippen LogP contribution >= 0.6 is 0 Å². The Labute approximate surface area is 135 Å². The molecule has 1 aromatic carbocycles. The zero-order valence-electron chi connectivity index (χ0n) is 13.5. The van der Waals surface area contributed by atoms with Crippen molar-refractivity contribution in [2.45, 2.75) is 19.1 Å². The van der Waals surface area contributed by atoms with Gasteiger partial charge in [0.1, 0.15) is 17.3 Å². The Bertz CT molecular complexity index is 611. The normalized spacial score (nSPS) is 13.6. The fourth-order valence-electron chi connectivity index (χ4n) is 2.13. The lowest BCUT2D eigenvalue weighted by atomic mass is 10.2. The maximum atomic E-state index is 12.9. The predicted molar refractivity (Wildman–Crippen MR) is 84.6 cm³/mol. The molecule has 2 rings (SSSR count). The molecule has 5 nitrogen and oxygen atoms in total. The zero-order chi connectivity index (χ0) is 16.8. The van der Waals surface area contributed by atoms with Gasteiger partial charge in [-0.3, -0.25) is 9.69 Å². The number of nitrogens with one attached hydrogen (secondary N) is 1. The summed E-state index contributed by atoms with van der Waals surface area (Å²) in [6, 6.07) is 9.18. The van der Waals surface area contributed by atoms with E-state index in [0.29, 0.717) is 12.3 Å². The molecule has 1 heterocycles. The first-order valence-electron chi connectivity index (χ1n) is 7.37. The van der Waals surface area contributed by atoms with Gasteiger partial charge in [-0.2, -0.15) is 0 Å². The number of hydrogen-bond donors (Lipinski definition) is 1. The first kappa shape index (κ1) is 17.0. The molecule has 6 heteroatoms. The summed E-state index contributed by atoms with van der Waals surface area (Å²) >= 11 is 0. The van der Waals surface area contributed by atoms with Crippen LogP contribution in [0.2, 0.25) is 0 Å². The molecular weight excluding hydrogens is 299 g/mol. The summed E-state index contributed by atoms with van der Waals surface area (Å²) in [6.07, 6.45) is 0.924. The Kier molecular flexibility index (Phi) is 5.76. The lowest BCUT2D eigenvalue weighted by Crippen LogP contribution is -2.40. The van der Waals surface area contributed by atoms with Crippen LogP contribution in [0.1, 0.15) is 18.7 Å². The van der Waals surface area contributed by atoms with E-state index in [0.717, 1.165) is 5.76 Å². The summed E-state index contributed by atoms with van der Waals surface area (Å²) in [7, 11) is 3.83. The number of halogens is 1. The van der Waals surface area contributed by atoms with Crippen LogP contribution in [0, 0.1) is 5.82 Å². The summed E-state index contributed by atoms with van der Waals surface area (Å²) in [6.45, 7) is 2.05. The molecule has 124 valence electrons. The highest BCUT2D eigenvalue weighted by molar-refractivity contribution is 5.80. The second-order valence-electron chi connectivity index (χ2n) is 5.45. The van der Waals surface area contributed by atoms with Crippen molar-refractivity contribution >= 4 is 5.91 Å². The van der Waals surface area contributed by atoms with Gasteiger partial charge in [0.25, 0.3) is 5.91 Å². The molecule has 0 saturated carbocycles. The van der Waals surface area contributed by atoms with Gasteiger partial charge >= 0.3 is 0 Å². The molecule has 0 aliphatic carbocycles. The lowest BCUT2D eigenvalue weighted by Gasteiger charge is -2.23. The number of nitrogens with zero attached hydrogens (tertiary/aromatic N) is 1. The average molecular weight is 320 g/mol. The van der Waals surface area contributed by atoms with E-state index >= 15 is 0 Å². The van der Waals surface area contributed by atoms with Gasteiger partial charge in [-0.15, -0.1) is 0 Å². The molecule has 0 fully saturated rings. The minimum Gasteiger partial charge on any atom is -0.481 e. The summed E-state index contributed by atoms with van der Waals surface area (Å²) < 4.78 is 23.7. The summed E-state index contributed by atoms with van der Waals surface area (Å²) in [4.78, 5) is 14.1. The standard InChI is InChI=1S/C17H21FN2O3/c1-12(23-14-8-6-13(18)7-9-14)17(21)19-11-15(20(2)3)16-5-4-10-22-16/h4-10,12,15H,11H2,1-3H3,(H,19,21)/t12-,15-/m1/s1. The second-order valence-corrected chi connectivity index (χ2v) is 5.45. The number of benzene rings is 1. The van der Waals surface area contributed by atoms with Gasteiger partial charge < -0.3 is 14.5 Å². The van der Waals surface area contributed by atoms with Crippen LogP contribution in [-0.4, -0.2) is 37.6 Å². The molecule has 1 aromatic heterocycles. The third-order valence-electron chi connectivity index (χ3n) is 3.46. The minimum absolute atomic E-state index is 0.0630. The Morgan fingerprint density at radius 3 is 2.57 bits per heavy atom. The number of hydrogen-bond acceptors (Lipinski definition) is 4. The van der Waals surface area contributed by atoms with Crippen molar-refractivity contribution < 1.29 is 18.3 Å². The number of carbonyl (C=O) groups is 1. The van der Waals surface area contributed by atoms with Crippen LogP contribution in [0.4, 0.5) is 4.39 Å². The Morgan fingerprint density at radius 1 is 1.30 bits per heavy atom. The smallest absolute Gasteiger partial charge is 0.260 e. The van der Waals surface area contributed by atoms with E-state index in [4.69, 9.17) is 9.15 Å². The van der Waals surface area contributed by atoms with Gasteiger partial charge in [0.2, 0.25) is 0 Å². The van der Waals surface area contributed by atoms with Crippen molar-refractivity contribution in [3.63, 3.8) is 0 Å². The third kappa shape index (κ3) is 4.82. The Hall–Kier alpha value is -2.34. The number of likely N-dealkylation sites (N-methyl/N-ethyl adjacent to an activating group) is 1. The van der Waals surface area contributed by atoms with E-state index < -0.39 is 6.10 Å². The number of amides is 1. The molecule has 0 radical (unpaired) electrons. The SMILES string of the molecule is C[C@@H](Oc1ccc(F)cc1)C(=O)NC[C@H](c1ccco1)N(C)C. The van der Waals surface area contributed by atoms with Gasteiger partial charge in [0.05, 0.1) is 12.3 Å². The molecule has 0 unspecified atom stereocenters. The monoisotopic (exact) mass is 320 g/mol. The van der Waals surface area contributed by atoms with Gasteiger partial charge in [0.15, 0.2) is 6.10 Å². The van der Waals surface area contributed by atoms with Gasteiger partial charge in [-0.1, -0.05) is 0 Å². The molecule has 2 aromatic rings. The van der Waals surface area contributed by atoms with Crippen LogP contribution in [0.15, 0.2) is 47.1 Å². The highest BCUT2D eigenvalue weighted by Crippen LogP contribution is 2.18. The molecule has 1 amide bonds. The molecule has 2 atom stereocenters. The van der Waals surface area contributed by atoms with E-state index in [1.165, 1.54) is 24.3 Å². The fourth-order valence-corrected chi connectivity index (χ4v) is 2.13. The van der Waals surface area contributed by atoms with Crippen LogP contribution < -0.4 is 10.1 Å². The van der Waals surface area contributed by atoms with Crippen LogP contribution in [-0.2, 0) is 4.79 Å². The molecule has 0 saturated heterocycles. The fraction of sp³-hybridized carbons (Fsp3) is 0.353. The first-order chi connectivity index (χ1) is 11.0. The third-order valence-corrected chi connectivity index (χ3v) is 3.46. The van der Waals surface area contributed by atoms with Crippen LogP contribution in [0.5, 0.6) is 5.75 Å². The van der Waals surface area contributed by atoms with E-state index in [1.807, 2.05) is 31.1 Å². The zero-order valence-corrected chi connectivity index (χ0v) is 13.5. The van der Waals surface area contributed by atoms with E-state index in [-0.39, 0.29) is 17.8 Å². The summed E-state index contributed by atoms with van der Waals surface area (Å²) in [5.41, 5.74) is 0. The Morgan fingerprint density at radius 2 is 2.00 bits per heavy atom. The Balaban J connectivity index is 1.88. The average Bonchev–Trinajstić information content (AvgIpc) is 3.03. The molecule has 1 N–H and O–H groups in total.